The first kappa shape index (κ1) is 17.1. The molecule has 0 nitrogen and oxygen atoms in total. The molecule has 0 unspecified atom stereocenters. The predicted molar refractivity (Wildman–Crippen MR) is 98.7 cm³/mol. The first-order valence-corrected chi connectivity index (χ1v) is 9.14. The van der Waals surface area contributed by atoms with Crippen LogP contribution >= 0.6 is 11.6 Å². The van der Waals surface area contributed by atoms with E-state index in [0.717, 1.165) is 17.9 Å². The standard InChI is InChI=1S/C22H22ClF/c23-21-15-14-20(22(24)16-21)13-12-19-10-8-18(9-11-19)7-6-17-4-2-1-3-5-17/h8-11,14-17H,1-7H2. The number of aryl methyl sites for hydroxylation is 1. The van der Waals surface area contributed by atoms with Crippen molar-refractivity contribution in [3.05, 3.63) is 70.0 Å². The Balaban J connectivity index is 1.59. The lowest BCUT2D eigenvalue weighted by Crippen LogP contribution is -2.07. The molecule has 1 aliphatic carbocycles. The van der Waals surface area contributed by atoms with Gasteiger partial charge >= 0.3 is 0 Å². The van der Waals surface area contributed by atoms with Gasteiger partial charge in [0.1, 0.15) is 5.82 Å². The van der Waals surface area contributed by atoms with Gasteiger partial charge in [0.15, 0.2) is 0 Å². The third kappa shape index (κ3) is 4.86. The van der Waals surface area contributed by atoms with Crippen molar-refractivity contribution in [2.75, 3.05) is 0 Å². The van der Waals surface area contributed by atoms with Gasteiger partial charge in [-0.15, -0.1) is 0 Å². The Morgan fingerprint density at radius 3 is 2.42 bits per heavy atom. The maximum absolute atomic E-state index is 13.7. The molecule has 1 saturated carbocycles. The number of benzene rings is 2. The van der Waals surface area contributed by atoms with E-state index in [1.54, 1.807) is 12.1 Å². The van der Waals surface area contributed by atoms with E-state index in [0.29, 0.717) is 10.6 Å². The van der Waals surface area contributed by atoms with Crippen molar-refractivity contribution in [2.45, 2.75) is 44.9 Å². The van der Waals surface area contributed by atoms with Crippen LogP contribution in [0.2, 0.25) is 5.02 Å². The fraction of sp³-hybridized carbons (Fsp3) is 0.364. The molecular weight excluding hydrogens is 319 g/mol. The number of rotatable bonds is 3. The fourth-order valence-electron chi connectivity index (χ4n) is 3.33. The highest BCUT2D eigenvalue weighted by Crippen LogP contribution is 2.27. The van der Waals surface area contributed by atoms with E-state index in [1.165, 1.54) is 50.2 Å². The van der Waals surface area contributed by atoms with Crippen LogP contribution in [0.3, 0.4) is 0 Å². The molecule has 0 atom stereocenters. The molecule has 0 aliphatic heterocycles. The molecule has 2 aromatic carbocycles. The maximum Gasteiger partial charge on any atom is 0.140 e. The van der Waals surface area contributed by atoms with Gasteiger partial charge in [0, 0.05) is 10.6 Å². The van der Waals surface area contributed by atoms with Gasteiger partial charge in [-0.3, -0.25) is 0 Å². The lowest BCUT2D eigenvalue weighted by Gasteiger charge is -2.21. The Labute approximate surface area is 149 Å². The number of hydrogen-bond acceptors (Lipinski definition) is 0. The Hall–Kier alpha value is -1.78. The minimum Gasteiger partial charge on any atom is -0.206 e. The van der Waals surface area contributed by atoms with Crippen LogP contribution in [0.15, 0.2) is 42.5 Å². The highest BCUT2D eigenvalue weighted by atomic mass is 35.5. The molecule has 0 N–H and O–H groups in total. The topological polar surface area (TPSA) is 0 Å². The molecule has 0 spiro atoms. The summed E-state index contributed by atoms with van der Waals surface area (Å²) >= 11 is 5.75. The number of hydrogen-bond donors (Lipinski definition) is 0. The van der Waals surface area contributed by atoms with Gasteiger partial charge in [-0.05, 0) is 54.7 Å². The lowest BCUT2D eigenvalue weighted by atomic mass is 9.85. The third-order valence-corrected chi connectivity index (χ3v) is 5.03. The summed E-state index contributed by atoms with van der Waals surface area (Å²) in [6.07, 6.45) is 9.45. The highest BCUT2D eigenvalue weighted by molar-refractivity contribution is 6.30. The first-order valence-electron chi connectivity index (χ1n) is 8.77. The predicted octanol–water partition coefficient (Wildman–Crippen LogP) is 6.39. The average Bonchev–Trinajstić information content (AvgIpc) is 2.61. The van der Waals surface area contributed by atoms with E-state index in [-0.39, 0.29) is 5.82 Å². The minimum absolute atomic E-state index is 0.376. The molecule has 1 fully saturated rings. The summed E-state index contributed by atoms with van der Waals surface area (Å²) in [6, 6.07) is 12.9. The summed E-state index contributed by atoms with van der Waals surface area (Å²) in [5.41, 5.74) is 2.65. The van der Waals surface area contributed by atoms with Gasteiger partial charge in [0.25, 0.3) is 0 Å². The minimum atomic E-state index is -0.376. The maximum atomic E-state index is 13.7. The van der Waals surface area contributed by atoms with E-state index < -0.39 is 0 Å². The van der Waals surface area contributed by atoms with E-state index in [1.807, 2.05) is 12.1 Å². The van der Waals surface area contributed by atoms with Gasteiger partial charge in [0.05, 0.1) is 5.56 Å². The van der Waals surface area contributed by atoms with E-state index in [4.69, 9.17) is 11.6 Å². The molecule has 0 bridgehead atoms. The van der Waals surface area contributed by atoms with Crippen LogP contribution in [0.5, 0.6) is 0 Å². The fourth-order valence-corrected chi connectivity index (χ4v) is 3.49. The second-order valence-corrected chi connectivity index (χ2v) is 7.05. The molecule has 0 aromatic heterocycles. The van der Waals surface area contributed by atoms with Crippen molar-refractivity contribution in [3.63, 3.8) is 0 Å². The van der Waals surface area contributed by atoms with Gasteiger partial charge in [-0.1, -0.05) is 67.7 Å². The molecule has 2 heteroatoms. The molecule has 0 radical (unpaired) electrons. The SMILES string of the molecule is Fc1cc(Cl)ccc1C#Cc1ccc(CCC2CCCCC2)cc1. The van der Waals surface area contributed by atoms with Gasteiger partial charge in [0.2, 0.25) is 0 Å². The van der Waals surface area contributed by atoms with Crippen molar-refractivity contribution in [3.8, 4) is 11.8 Å². The van der Waals surface area contributed by atoms with Crippen LogP contribution in [0, 0.1) is 23.6 Å². The zero-order chi connectivity index (χ0) is 16.8. The normalized spacial score (nSPS) is 14.9. The molecule has 0 heterocycles. The number of halogens is 2. The second kappa shape index (κ2) is 8.36. The highest BCUT2D eigenvalue weighted by Gasteiger charge is 2.12. The van der Waals surface area contributed by atoms with Crippen LogP contribution in [0.25, 0.3) is 0 Å². The van der Waals surface area contributed by atoms with Crippen LogP contribution in [0.4, 0.5) is 4.39 Å². The van der Waals surface area contributed by atoms with Crippen molar-refractivity contribution in [1.82, 2.24) is 0 Å². The van der Waals surface area contributed by atoms with E-state index in [2.05, 4.69) is 24.0 Å². The summed E-state index contributed by atoms with van der Waals surface area (Å²) in [5.74, 6) is 6.43. The zero-order valence-electron chi connectivity index (χ0n) is 13.8. The second-order valence-electron chi connectivity index (χ2n) is 6.61. The average molecular weight is 341 g/mol. The molecular formula is C22H22ClF. The van der Waals surface area contributed by atoms with Crippen molar-refractivity contribution >= 4 is 11.6 Å². The molecule has 1 aliphatic rings. The van der Waals surface area contributed by atoms with Crippen LogP contribution in [-0.4, -0.2) is 0 Å². The Morgan fingerprint density at radius 2 is 1.71 bits per heavy atom. The van der Waals surface area contributed by atoms with Crippen molar-refractivity contribution in [2.24, 2.45) is 5.92 Å². The lowest BCUT2D eigenvalue weighted by molar-refractivity contribution is 0.339. The van der Waals surface area contributed by atoms with Crippen molar-refractivity contribution < 1.29 is 4.39 Å². The molecule has 24 heavy (non-hydrogen) atoms. The van der Waals surface area contributed by atoms with Gasteiger partial charge in [-0.2, -0.15) is 0 Å². The summed E-state index contributed by atoms with van der Waals surface area (Å²) in [7, 11) is 0. The van der Waals surface area contributed by atoms with Crippen LogP contribution in [-0.2, 0) is 6.42 Å². The van der Waals surface area contributed by atoms with E-state index >= 15 is 0 Å². The summed E-state index contributed by atoms with van der Waals surface area (Å²) in [4.78, 5) is 0. The monoisotopic (exact) mass is 340 g/mol. The molecule has 124 valence electrons. The molecule has 0 saturated heterocycles. The van der Waals surface area contributed by atoms with E-state index in [9.17, 15) is 4.39 Å². The largest absolute Gasteiger partial charge is 0.206 e. The molecule has 2 aromatic rings. The molecule has 0 amide bonds. The Morgan fingerprint density at radius 1 is 0.958 bits per heavy atom. The van der Waals surface area contributed by atoms with Gasteiger partial charge < -0.3 is 0 Å². The summed E-state index contributed by atoms with van der Waals surface area (Å²) < 4.78 is 13.7. The smallest absolute Gasteiger partial charge is 0.140 e. The van der Waals surface area contributed by atoms with Crippen LogP contribution < -0.4 is 0 Å². The van der Waals surface area contributed by atoms with Crippen LogP contribution in [0.1, 0.15) is 55.2 Å². The Bertz CT molecular complexity index is 731. The quantitative estimate of drug-likeness (QED) is 0.568. The summed E-state index contributed by atoms with van der Waals surface area (Å²) in [6.45, 7) is 0. The first-order chi connectivity index (χ1) is 11.7. The zero-order valence-corrected chi connectivity index (χ0v) is 14.6. The summed E-state index contributed by atoms with van der Waals surface area (Å²) in [5, 5.41) is 0.389. The van der Waals surface area contributed by atoms with Gasteiger partial charge in [-0.25, -0.2) is 4.39 Å². The Kier molecular flexibility index (Phi) is 5.94. The molecule has 3 rings (SSSR count). The third-order valence-electron chi connectivity index (χ3n) is 4.79. The van der Waals surface area contributed by atoms with Crippen molar-refractivity contribution in [1.29, 1.82) is 0 Å².